The Kier molecular flexibility index (Phi) is 3.12. The van der Waals surface area contributed by atoms with Crippen LogP contribution in [0.25, 0.3) is 0 Å². The Labute approximate surface area is 78.9 Å². The van der Waals surface area contributed by atoms with Gasteiger partial charge in [0, 0.05) is 5.56 Å². The van der Waals surface area contributed by atoms with Gasteiger partial charge in [-0.15, -0.1) is 0 Å². The monoisotopic (exact) mass is 227 g/mol. The molecule has 0 amide bonds. The highest BCUT2D eigenvalue weighted by molar-refractivity contribution is 9.09. The highest BCUT2D eigenvalue weighted by Gasteiger charge is 1.96. The number of halogens is 2. The number of hydrogen-bond acceptors (Lipinski definition) is 1. The third kappa shape index (κ3) is 2.24. The molecule has 0 aliphatic carbocycles. The summed E-state index contributed by atoms with van der Waals surface area (Å²) in [6.07, 6.45) is 0. The lowest BCUT2D eigenvalue weighted by Crippen LogP contribution is -1.90. The molecule has 12 heavy (non-hydrogen) atoms. The van der Waals surface area contributed by atoms with Gasteiger partial charge in [-0.3, -0.25) is 0 Å². The van der Waals surface area contributed by atoms with Crippen LogP contribution in [0.4, 0.5) is 10.1 Å². The molecule has 0 aliphatic rings. The molecular formula is C9H7BrFN. The molecule has 1 nitrogen and oxygen atoms in total. The third-order valence-corrected chi connectivity index (χ3v) is 1.58. The fourth-order valence-corrected chi connectivity index (χ4v) is 0.897. The van der Waals surface area contributed by atoms with Crippen molar-refractivity contribution < 1.29 is 4.39 Å². The molecule has 0 aliphatic heterocycles. The Bertz CT molecular complexity index is 338. The minimum absolute atomic E-state index is 0.136. The summed E-state index contributed by atoms with van der Waals surface area (Å²) in [7, 11) is 0. The molecule has 62 valence electrons. The van der Waals surface area contributed by atoms with Crippen molar-refractivity contribution in [2.45, 2.75) is 0 Å². The molecule has 2 N–H and O–H groups in total. The van der Waals surface area contributed by atoms with Gasteiger partial charge in [0.15, 0.2) is 0 Å². The Morgan fingerprint density at radius 2 is 2.25 bits per heavy atom. The molecule has 0 aromatic heterocycles. The summed E-state index contributed by atoms with van der Waals surface area (Å²) in [5, 5.41) is 0.601. The van der Waals surface area contributed by atoms with E-state index in [0.29, 0.717) is 5.33 Å². The van der Waals surface area contributed by atoms with E-state index >= 15 is 0 Å². The van der Waals surface area contributed by atoms with Crippen molar-refractivity contribution in [2.75, 3.05) is 11.1 Å². The lowest BCUT2D eigenvalue weighted by Gasteiger charge is -1.95. The molecule has 3 heteroatoms. The van der Waals surface area contributed by atoms with Crippen LogP contribution >= 0.6 is 15.9 Å². The van der Waals surface area contributed by atoms with Gasteiger partial charge in [-0.05, 0) is 18.2 Å². The topological polar surface area (TPSA) is 26.0 Å². The molecule has 0 spiro atoms. The fraction of sp³-hybridized carbons (Fsp3) is 0.111. The number of benzene rings is 1. The van der Waals surface area contributed by atoms with Crippen molar-refractivity contribution in [1.82, 2.24) is 0 Å². The van der Waals surface area contributed by atoms with E-state index in [4.69, 9.17) is 5.73 Å². The summed E-state index contributed by atoms with van der Waals surface area (Å²) < 4.78 is 12.6. The quantitative estimate of drug-likeness (QED) is 0.411. The Morgan fingerprint density at radius 3 is 2.83 bits per heavy atom. The normalized spacial score (nSPS) is 8.83. The molecule has 0 radical (unpaired) electrons. The van der Waals surface area contributed by atoms with E-state index in [2.05, 4.69) is 27.8 Å². The van der Waals surface area contributed by atoms with Gasteiger partial charge >= 0.3 is 0 Å². The predicted molar refractivity (Wildman–Crippen MR) is 51.5 cm³/mol. The summed E-state index contributed by atoms with van der Waals surface area (Å²) in [6.45, 7) is 0. The molecule has 0 saturated carbocycles. The number of anilines is 1. The summed E-state index contributed by atoms with van der Waals surface area (Å²) >= 11 is 3.16. The maximum atomic E-state index is 12.6. The number of rotatable bonds is 0. The molecule has 0 unspecified atom stereocenters. The van der Waals surface area contributed by atoms with E-state index in [9.17, 15) is 4.39 Å². The lowest BCUT2D eigenvalue weighted by molar-refractivity contribution is 0.632. The maximum Gasteiger partial charge on any atom is 0.146 e. The van der Waals surface area contributed by atoms with E-state index in [1.165, 1.54) is 12.1 Å². The lowest BCUT2D eigenvalue weighted by atomic mass is 10.2. The van der Waals surface area contributed by atoms with Gasteiger partial charge in [0.25, 0.3) is 0 Å². The van der Waals surface area contributed by atoms with Crippen molar-refractivity contribution in [1.29, 1.82) is 0 Å². The largest absolute Gasteiger partial charge is 0.396 e. The van der Waals surface area contributed by atoms with Gasteiger partial charge in [0.05, 0.1) is 11.0 Å². The Hall–Kier alpha value is -1.01. The smallest absolute Gasteiger partial charge is 0.146 e. The first-order chi connectivity index (χ1) is 5.74. The van der Waals surface area contributed by atoms with Gasteiger partial charge in [-0.1, -0.05) is 27.8 Å². The first-order valence-corrected chi connectivity index (χ1v) is 4.46. The van der Waals surface area contributed by atoms with Crippen LogP contribution in [0.2, 0.25) is 0 Å². The second-order valence-corrected chi connectivity index (χ2v) is 2.73. The highest BCUT2D eigenvalue weighted by Crippen LogP contribution is 2.10. The van der Waals surface area contributed by atoms with Crippen LogP contribution in [0, 0.1) is 17.7 Å². The average Bonchev–Trinajstić information content (AvgIpc) is 2.07. The first kappa shape index (κ1) is 9.08. The zero-order valence-corrected chi connectivity index (χ0v) is 7.86. The molecule has 1 aromatic carbocycles. The summed E-state index contributed by atoms with van der Waals surface area (Å²) in [5.41, 5.74) is 6.20. The van der Waals surface area contributed by atoms with E-state index < -0.39 is 5.82 Å². The second-order valence-electron chi connectivity index (χ2n) is 2.17. The molecule has 0 saturated heterocycles. The van der Waals surface area contributed by atoms with Crippen LogP contribution < -0.4 is 5.73 Å². The van der Waals surface area contributed by atoms with Gasteiger partial charge in [-0.2, -0.15) is 0 Å². The van der Waals surface area contributed by atoms with Gasteiger partial charge in [-0.25, -0.2) is 4.39 Å². The van der Waals surface area contributed by atoms with Gasteiger partial charge in [0.2, 0.25) is 0 Å². The number of alkyl halides is 1. The Balaban J connectivity index is 2.97. The predicted octanol–water partition coefficient (Wildman–Crippen LogP) is 2.15. The summed E-state index contributed by atoms with van der Waals surface area (Å²) in [4.78, 5) is 0. The number of hydrogen-bond donors (Lipinski definition) is 1. The van der Waals surface area contributed by atoms with Gasteiger partial charge < -0.3 is 5.73 Å². The Morgan fingerprint density at radius 1 is 1.50 bits per heavy atom. The molecule has 0 atom stereocenters. The second kappa shape index (κ2) is 4.13. The summed E-state index contributed by atoms with van der Waals surface area (Å²) in [5.74, 6) is 5.22. The van der Waals surface area contributed by atoms with Crippen LogP contribution in [0.5, 0.6) is 0 Å². The summed E-state index contributed by atoms with van der Waals surface area (Å²) in [6, 6.07) is 4.43. The highest BCUT2D eigenvalue weighted by atomic mass is 79.9. The van der Waals surface area contributed by atoms with Crippen molar-refractivity contribution >= 4 is 21.6 Å². The average molecular weight is 228 g/mol. The van der Waals surface area contributed by atoms with Crippen molar-refractivity contribution in [3.63, 3.8) is 0 Å². The minimum Gasteiger partial charge on any atom is -0.396 e. The van der Waals surface area contributed by atoms with E-state index in [-0.39, 0.29) is 5.69 Å². The zero-order chi connectivity index (χ0) is 8.97. The first-order valence-electron chi connectivity index (χ1n) is 3.34. The van der Waals surface area contributed by atoms with Crippen LogP contribution in [0.1, 0.15) is 5.56 Å². The minimum atomic E-state index is -0.403. The number of nitrogens with two attached hydrogens (primary N) is 1. The molecule has 1 rings (SSSR count). The molecule has 1 aromatic rings. The van der Waals surface area contributed by atoms with Crippen LogP contribution in [0.15, 0.2) is 18.2 Å². The SMILES string of the molecule is Nc1cc(C#CCBr)ccc1F. The molecule has 0 bridgehead atoms. The van der Waals surface area contributed by atoms with E-state index in [1.807, 2.05) is 0 Å². The van der Waals surface area contributed by atoms with E-state index in [0.717, 1.165) is 5.56 Å². The van der Waals surface area contributed by atoms with E-state index in [1.54, 1.807) is 6.07 Å². The number of nitrogen functional groups attached to an aromatic ring is 1. The third-order valence-electron chi connectivity index (χ3n) is 1.30. The van der Waals surface area contributed by atoms with Crippen molar-refractivity contribution in [3.05, 3.63) is 29.6 Å². The molecule has 0 heterocycles. The van der Waals surface area contributed by atoms with Crippen molar-refractivity contribution in [2.24, 2.45) is 0 Å². The molecule has 0 fully saturated rings. The van der Waals surface area contributed by atoms with Crippen LogP contribution in [-0.2, 0) is 0 Å². The molecular weight excluding hydrogens is 221 g/mol. The van der Waals surface area contributed by atoms with Crippen LogP contribution in [0.3, 0.4) is 0 Å². The standard InChI is InChI=1S/C9H7BrFN/c10-5-1-2-7-3-4-8(11)9(12)6-7/h3-4,6H,5,12H2. The fourth-order valence-electron chi connectivity index (χ4n) is 0.757. The van der Waals surface area contributed by atoms with Gasteiger partial charge in [0.1, 0.15) is 5.82 Å². The van der Waals surface area contributed by atoms with Crippen LogP contribution in [-0.4, -0.2) is 5.33 Å². The zero-order valence-electron chi connectivity index (χ0n) is 6.27. The van der Waals surface area contributed by atoms with Crippen molar-refractivity contribution in [3.8, 4) is 11.8 Å². The maximum absolute atomic E-state index is 12.6.